The summed E-state index contributed by atoms with van der Waals surface area (Å²) in [5.41, 5.74) is 2.31. The van der Waals surface area contributed by atoms with Crippen molar-refractivity contribution in [1.82, 2.24) is 9.88 Å². The smallest absolute Gasteiger partial charge is 0.290 e. The molecule has 3 heterocycles. The molecule has 1 unspecified atom stereocenters. The largest absolute Gasteiger partial charge is 0.451 e. The van der Waals surface area contributed by atoms with Gasteiger partial charge >= 0.3 is 0 Å². The molecule has 4 nitrogen and oxygen atoms in total. The zero-order chi connectivity index (χ0) is 16.7. The lowest BCUT2D eigenvalue weighted by Gasteiger charge is -2.24. The van der Waals surface area contributed by atoms with Crippen LogP contribution in [0.1, 0.15) is 40.6 Å². The first-order valence-corrected chi connectivity index (χ1v) is 8.04. The Kier molecular flexibility index (Phi) is 3.56. The van der Waals surface area contributed by atoms with Gasteiger partial charge in [-0.2, -0.15) is 0 Å². The van der Waals surface area contributed by atoms with Crippen LogP contribution >= 0.6 is 0 Å². The number of likely N-dealkylation sites (tertiary alicyclic amines) is 1. The molecule has 0 saturated carbocycles. The molecule has 1 amide bonds. The van der Waals surface area contributed by atoms with Gasteiger partial charge in [-0.1, -0.05) is 0 Å². The molecule has 0 N–H and O–H groups in total. The average Bonchev–Trinajstić information content (AvgIpc) is 3.21. The number of rotatable bonds is 2. The van der Waals surface area contributed by atoms with Gasteiger partial charge in [0.2, 0.25) is 0 Å². The predicted octanol–water partition coefficient (Wildman–Crippen LogP) is 4.25. The van der Waals surface area contributed by atoms with Gasteiger partial charge in [-0.3, -0.25) is 9.78 Å². The molecule has 1 fully saturated rings. The highest BCUT2D eigenvalue weighted by molar-refractivity contribution is 5.99. The Morgan fingerprint density at radius 1 is 1.29 bits per heavy atom. The first-order valence-electron chi connectivity index (χ1n) is 8.04. The summed E-state index contributed by atoms with van der Waals surface area (Å²) in [6.45, 7) is 2.49. The van der Waals surface area contributed by atoms with Crippen molar-refractivity contribution in [1.29, 1.82) is 0 Å². The average molecular weight is 324 g/mol. The summed E-state index contributed by atoms with van der Waals surface area (Å²) in [6, 6.07) is 8.24. The Morgan fingerprint density at radius 3 is 2.88 bits per heavy atom. The van der Waals surface area contributed by atoms with Crippen LogP contribution in [0.5, 0.6) is 0 Å². The van der Waals surface area contributed by atoms with Crippen LogP contribution in [0.3, 0.4) is 0 Å². The molecule has 1 aliphatic rings. The van der Waals surface area contributed by atoms with E-state index in [1.807, 2.05) is 17.0 Å². The number of nitrogens with zero attached hydrogens (tertiary/aromatic N) is 2. The van der Waals surface area contributed by atoms with Crippen molar-refractivity contribution in [3.63, 3.8) is 0 Å². The summed E-state index contributed by atoms with van der Waals surface area (Å²) in [7, 11) is 0. The summed E-state index contributed by atoms with van der Waals surface area (Å²) in [5, 5.41) is 0.651. The minimum Gasteiger partial charge on any atom is -0.451 e. The van der Waals surface area contributed by atoms with E-state index >= 15 is 0 Å². The number of pyridine rings is 1. The Morgan fingerprint density at radius 2 is 2.08 bits per heavy atom. The second kappa shape index (κ2) is 5.74. The van der Waals surface area contributed by atoms with Gasteiger partial charge in [0.25, 0.3) is 5.91 Å². The molecule has 1 aliphatic heterocycles. The Labute approximate surface area is 138 Å². The number of benzene rings is 1. The molecule has 1 saturated heterocycles. The van der Waals surface area contributed by atoms with Gasteiger partial charge in [-0.25, -0.2) is 4.39 Å². The molecule has 1 atom stereocenters. The molecule has 3 aromatic rings. The van der Waals surface area contributed by atoms with Crippen LogP contribution in [-0.4, -0.2) is 22.3 Å². The first kappa shape index (κ1) is 14.9. The van der Waals surface area contributed by atoms with Crippen molar-refractivity contribution in [3.8, 4) is 0 Å². The number of aryl methyl sites for hydroxylation is 1. The Balaban J connectivity index is 1.72. The number of halogens is 1. The molecule has 0 spiro atoms. The maximum atomic E-state index is 13.5. The molecular formula is C19H17FN2O2. The normalized spacial score (nSPS) is 17.6. The van der Waals surface area contributed by atoms with E-state index in [0.717, 1.165) is 18.4 Å². The van der Waals surface area contributed by atoms with Gasteiger partial charge in [0, 0.05) is 29.9 Å². The lowest BCUT2D eigenvalue weighted by atomic mass is 10.1. The van der Waals surface area contributed by atoms with Crippen LogP contribution < -0.4 is 0 Å². The maximum Gasteiger partial charge on any atom is 0.290 e. The van der Waals surface area contributed by atoms with E-state index in [-0.39, 0.29) is 17.8 Å². The van der Waals surface area contributed by atoms with Crippen molar-refractivity contribution in [3.05, 3.63) is 65.4 Å². The van der Waals surface area contributed by atoms with E-state index < -0.39 is 0 Å². The van der Waals surface area contributed by atoms with Gasteiger partial charge in [-0.15, -0.1) is 0 Å². The quantitative estimate of drug-likeness (QED) is 0.708. The fourth-order valence-corrected chi connectivity index (χ4v) is 3.47. The van der Waals surface area contributed by atoms with E-state index in [0.29, 0.717) is 28.8 Å². The summed E-state index contributed by atoms with van der Waals surface area (Å²) < 4.78 is 19.2. The van der Waals surface area contributed by atoms with Crippen molar-refractivity contribution in [2.75, 3.05) is 6.54 Å². The van der Waals surface area contributed by atoms with Gasteiger partial charge in [-0.05, 0) is 55.7 Å². The van der Waals surface area contributed by atoms with E-state index in [2.05, 4.69) is 4.98 Å². The highest BCUT2D eigenvalue weighted by Crippen LogP contribution is 2.35. The molecule has 0 bridgehead atoms. The maximum absolute atomic E-state index is 13.5. The van der Waals surface area contributed by atoms with Gasteiger partial charge < -0.3 is 9.32 Å². The highest BCUT2D eigenvalue weighted by atomic mass is 19.1. The number of hydrogen-bond acceptors (Lipinski definition) is 3. The standard InChI is InChI=1S/C19H17FN2O2/c1-12-15-11-14(20)4-5-17(15)24-18(12)19(23)22-10-2-3-16(22)13-6-8-21-9-7-13/h4-9,11,16H,2-3,10H2,1H3. The fraction of sp³-hybridized carbons (Fsp3) is 0.263. The van der Waals surface area contributed by atoms with Gasteiger partial charge in [0.1, 0.15) is 11.4 Å². The summed E-state index contributed by atoms with van der Waals surface area (Å²) in [6.07, 6.45) is 5.35. The predicted molar refractivity (Wildman–Crippen MR) is 88.2 cm³/mol. The number of aromatic nitrogens is 1. The number of carbonyl (C=O) groups excluding carboxylic acids is 1. The lowest BCUT2D eigenvalue weighted by Crippen LogP contribution is -2.30. The van der Waals surface area contributed by atoms with E-state index in [1.54, 1.807) is 25.4 Å². The number of furan rings is 1. The molecule has 0 radical (unpaired) electrons. The van der Waals surface area contributed by atoms with Crippen molar-refractivity contribution < 1.29 is 13.6 Å². The molecular weight excluding hydrogens is 307 g/mol. The fourth-order valence-electron chi connectivity index (χ4n) is 3.47. The number of fused-ring (bicyclic) bond motifs is 1. The molecule has 2 aromatic heterocycles. The second-order valence-corrected chi connectivity index (χ2v) is 6.13. The van der Waals surface area contributed by atoms with Crippen LogP contribution in [0.15, 0.2) is 47.1 Å². The Hall–Kier alpha value is -2.69. The number of amides is 1. The van der Waals surface area contributed by atoms with Crippen LogP contribution in [-0.2, 0) is 0 Å². The third-order valence-corrected chi connectivity index (χ3v) is 4.70. The van der Waals surface area contributed by atoms with E-state index in [9.17, 15) is 9.18 Å². The molecule has 4 rings (SSSR count). The van der Waals surface area contributed by atoms with Crippen molar-refractivity contribution in [2.24, 2.45) is 0 Å². The van der Waals surface area contributed by atoms with E-state index in [4.69, 9.17) is 4.42 Å². The minimum atomic E-state index is -0.332. The minimum absolute atomic E-state index is 0.0323. The monoisotopic (exact) mass is 324 g/mol. The number of hydrogen-bond donors (Lipinski definition) is 0. The number of carbonyl (C=O) groups is 1. The van der Waals surface area contributed by atoms with Crippen LogP contribution in [0.25, 0.3) is 11.0 Å². The van der Waals surface area contributed by atoms with E-state index in [1.165, 1.54) is 12.1 Å². The van der Waals surface area contributed by atoms with Crippen LogP contribution in [0.2, 0.25) is 0 Å². The van der Waals surface area contributed by atoms with Crippen molar-refractivity contribution in [2.45, 2.75) is 25.8 Å². The molecule has 0 aliphatic carbocycles. The Bertz CT molecular complexity index is 904. The summed E-state index contributed by atoms with van der Waals surface area (Å²) in [4.78, 5) is 18.9. The molecule has 5 heteroatoms. The third-order valence-electron chi connectivity index (χ3n) is 4.70. The zero-order valence-electron chi connectivity index (χ0n) is 13.3. The van der Waals surface area contributed by atoms with Crippen LogP contribution in [0, 0.1) is 12.7 Å². The van der Waals surface area contributed by atoms with Gasteiger partial charge in [0.05, 0.1) is 6.04 Å². The SMILES string of the molecule is Cc1c(C(=O)N2CCCC2c2ccncc2)oc2ccc(F)cc12. The first-order chi connectivity index (χ1) is 11.6. The summed E-state index contributed by atoms with van der Waals surface area (Å²) in [5.74, 6) is -0.166. The third kappa shape index (κ3) is 2.37. The second-order valence-electron chi connectivity index (χ2n) is 6.13. The van der Waals surface area contributed by atoms with Crippen molar-refractivity contribution >= 4 is 16.9 Å². The van der Waals surface area contributed by atoms with Gasteiger partial charge in [0.15, 0.2) is 5.76 Å². The topological polar surface area (TPSA) is 46.3 Å². The zero-order valence-corrected chi connectivity index (χ0v) is 13.3. The lowest BCUT2D eigenvalue weighted by molar-refractivity contribution is 0.0704. The molecule has 1 aromatic carbocycles. The van der Waals surface area contributed by atoms with Crippen LogP contribution in [0.4, 0.5) is 4.39 Å². The summed E-state index contributed by atoms with van der Waals surface area (Å²) >= 11 is 0. The molecule has 122 valence electrons. The highest BCUT2D eigenvalue weighted by Gasteiger charge is 2.33. The molecule has 24 heavy (non-hydrogen) atoms.